The Bertz CT molecular complexity index is 666. The fourth-order valence-electron chi connectivity index (χ4n) is 1.76. The minimum Gasteiger partial charge on any atom is -0.493 e. The van der Waals surface area contributed by atoms with E-state index >= 15 is 0 Å². The lowest BCUT2D eigenvalue weighted by molar-refractivity contribution is 0.328. The van der Waals surface area contributed by atoms with Crippen molar-refractivity contribution in [1.82, 2.24) is 0 Å². The topological polar surface area (TPSA) is 66.0 Å². The third kappa shape index (κ3) is 4.16. The van der Waals surface area contributed by atoms with Gasteiger partial charge in [0.05, 0.1) is 7.11 Å². The van der Waals surface area contributed by atoms with Gasteiger partial charge in [0.15, 0.2) is 11.5 Å². The standard InChI is InChI=1S/C17H14N2O2/c1-4-6-15-9-13(8-14(11-18)12-19)10-16(20-3)17(15)21-7-5-2/h2,4,8-10H,1,6-7H2,3H3. The smallest absolute Gasteiger partial charge is 0.166 e. The molecule has 1 aromatic carbocycles. The van der Waals surface area contributed by atoms with E-state index in [1.165, 1.54) is 13.2 Å². The molecule has 104 valence electrons. The highest BCUT2D eigenvalue weighted by Crippen LogP contribution is 2.34. The summed E-state index contributed by atoms with van der Waals surface area (Å²) >= 11 is 0. The van der Waals surface area contributed by atoms with Crippen molar-refractivity contribution in [3.63, 3.8) is 0 Å². The van der Waals surface area contributed by atoms with Gasteiger partial charge in [-0.3, -0.25) is 0 Å². The monoisotopic (exact) mass is 278 g/mol. The van der Waals surface area contributed by atoms with Crippen LogP contribution in [0.15, 0.2) is 30.4 Å². The Hall–Kier alpha value is -3.16. The summed E-state index contributed by atoms with van der Waals surface area (Å²) in [5.74, 6) is 3.44. The van der Waals surface area contributed by atoms with Crippen LogP contribution in [0.1, 0.15) is 11.1 Å². The molecule has 21 heavy (non-hydrogen) atoms. The molecule has 0 N–H and O–H groups in total. The molecule has 0 aliphatic rings. The van der Waals surface area contributed by atoms with E-state index in [9.17, 15) is 0 Å². The van der Waals surface area contributed by atoms with E-state index in [2.05, 4.69) is 12.5 Å². The van der Waals surface area contributed by atoms with Gasteiger partial charge >= 0.3 is 0 Å². The van der Waals surface area contributed by atoms with E-state index in [4.69, 9.17) is 26.4 Å². The number of nitrogens with zero attached hydrogens (tertiary/aromatic N) is 2. The van der Waals surface area contributed by atoms with Gasteiger partial charge in [-0.2, -0.15) is 10.5 Å². The molecular formula is C17H14N2O2. The predicted molar refractivity (Wildman–Crippen MR) is 80.4 cm³/mol. The molecular weight excluding hydrogens is 264 g/mol. The van der Waals surface area contributed by atoms with Crippen LogP contribution in [0.4, 0.5) is 0 Å². The second kappa shape index (κ2) is 8.10. The molecule has 0 aromatic heterocycles. The van der Waals surface area contributed by atoms with Crippen LogP contribution >= 0.6 is 0 Å². The fraction of sp³-hybridized carbons (Fsp3) is 0.176. The van der Waals surface area contributed by atoms with Gasteiger partial charge in [-0.1, -0.05) is 12.0 Å². The summed E-state index contributed by atoms with van der Waals surface area (Å²) in [5, 5.41) is 17.6. The van der Waals surface area contributed by atoms with Crippen LogP contribution in [0.3, 0.4) is 0 Å². The van der Waals surface area contributed by atoms with Gasteiger partial charge in [0.25, 0.3) is 0 Å². The summed E-state index contributed by atoms with van der Waals surface area (Å²) < 4.78 is 10.8. The van der Waals surface area contributed by atoms with Gasteiger partial charge in [0, 0.05) is 5.56 Å². The van der Waals surface area contributed by atoms with Crippen LogP contribution < -0.4 is 9.47 Å². The zero-order valence-electron chi connectivity index (χ0n) is 11.7. The quantitative estimate of drug-likeness (QED) is 0.456. The summed E-state index contributed by atoms with van der Waals surface area (Å²) in [7, 11) is 1.51. The largest absolute Gasteiger partial charge is 0.493 e. The Kier molecular flexibility index (Phi) is 6.13. The van der Waals surface area contributed by atoms with E-state index < -0.39 is 0 Å². The number of terminal acetylenes is 1. The Morgan fingerprint density at radius 1 is 1.38 bits per heavy atom. The SMILES string of the molecule is C#CCOc1c(CC=C)cc(C=C(C#N)C#N)cc1OC. The van der Waals surface area contributed by atoms with Crippen LogP contribution in [0.25, 0.3) is 6.08 Å². The number of ether oxygens (including phenoxy) is 2. The van der Waals surface area contributed by atoms with Gasteiger partial charge < -0.3 is 9.47 Å². The van der Waals surface area contributed by atoms with Crippen LogP contribution in [-0.4, -0.2) is 13.7 Å². The maximum atomic E-state index is 8.82. The number of benzene rings is 1. The number of hydrogen-bond donors (Lipinski definition) is 0. The molecule has 0 saturated carbocycles. The number of allylic oxidation sites excluding steroid dienone is 2. The molecule has 4 nitrogen and oxygen atoms in total. The number of nitriles is 2. The minimum absolute atomic E-state index is 0.0129. The van der Waals surface area contributed by atoms with Crippen molar-refractivity contribution >= 4 is 6.08 Å². The van der Waals surface area contributed by atoms with Gasteiger partial charge in [-0.15, -0.1) is 13.0 Å². The molecule has 0 radical (unpaired) electrons. The summed E-state index contributed by atoms with van der Waals surface area (Å²) in [6, 6.07) is 7.14. The molecule has 0 amide bonds. The first-order chi connectivity index (χ1) is 10.2. The van der Waals surface area contributed by atoms with Crippen molar-refractivity contribution < 1.29 is 9.47 Å². The molecule has 0 saturated heterocycles. The highest BCUT2D eigenvalue weighted by Gasteiger charge is 2.12. The molecule has 0 aliphatic heterocycles. The highest BCUT2D eigenvalue weighted by molar-refractivity contribution is 5.66. The molecule has 0 fully saturated rings. The van der Waals surface area contributed by atoms with Gasteiger partial charge in [-0.25, -0.2) is 0 Å². The van der Waals surface area contributed by atoms with Crippen LogP contribution in [0.5, 0.6) is 11.5 Å². The summed E-state index contributed by atoms with van der Waals surface area (Å²) in [4.78, 5) is 0. The highest BCUT2D eigenvalue weighted by atomic mass is 16.5. The summed E-state index contributed by atoms with van der Waals surface area (Å²) in [6.07, 6.45) is 8.96. The molecule has 0 heterocycles. The lowest BCUT2D eigenvalue weighted by Crippen LogP contribution is -2.01. The molecule has 0 spiro atoms. The Labute approximate surface area is 124 Å². The lowest BCUT2D eigenvalue weighted by atomic mass is 10.0. The average molecular weight is 278 g/mol. The Balaban J connectivity index is 3.40. The third-order valence-corrected chi connectivity index (χ3v) is 2.59. The van der Waals surface area contributed by atoms with Crippen LogP contribution in [0, 0.1) is 35.0 Å². The fourth-order valence-corrected chi connectivity index (χ4v) is 1.76. The van der Waals surface area contributed by atoms with Crippen molar-refractivity contribution in [3.05, 3.63) is 41.5 Å². The minimum atomic E-state index is 0.0129. The van der Waals surface area contributed by atoms with E-state index in [0.717, 1.165) is 5.56 Å². The molecule has 1 aromatic rings. The first kappa shape index (κ1) is 15.9. The zero-order valence-corrected chi connectivity index (χ0v) is 11.7. The first-order valence-electron chi connectivity index (χ1n) is 6.10. The van der Waals surface area contributed by atoms with Crippen molar-refractivity contribution in [2.75, 3.05) is 13.7 Å². The predicted octanol–water partition coefficient (Wildman–Crippen LogP) is 2.87. The third-order valence-electron chi connectivity index (χ3n) is 2.59. The molecule has 4 heteroatoms. The summed E-state index contributed by atoms with van der Waals surface area (Å²) in [6.45, 7) is 3.82. The van der Waals surface area contributed by atoms with Gasteiger partial charge in [-0.05, 0) is 30.2 Å². The maximum absolute atomic E-state index is 8.82. The van der Waals surface area contributed by atoms with Crippen molar-refractivity contribution in [1.29, 1.82) is 10.5 Å². The Morgan fingerprint density at radius 2 is 2.10 bits per heavy atom. The molecule has 0 bridgehead atoms. The van der Waals surface area contributed by atoms with E-state index in [1.807, 2.05) is 18.2 Å². The van der Waals surface area contributed by atoms with Crippen molar-refractivity contribution in [3.8, 4) is 36.0 Å². The van der Waals surface area contributed by atoms with Gasteiger partial charge in [0.1, 0.15) is 24.3 Å². The van der Waals surface area contributed by atoms with E-state index in [0.29, 0.717) is 23.5 Å². The number of rotatable bonds is 6. The van der Waals surface area contributed by atoms with Crippen LogP contribution in [-0.2, 0) is 6.42 Å². The molecule has 0 aliphatic carbocycles. The van der Waals surface area contributed by atoms with Crippen molar-refractivity contribution in [2.45, 2.75) is 6.42 Å². The van der Waals surface area contributed by atoms with Crippen molar-refractivity contribution in [2.24, 2.45) is 0 Å². The van der Waals surface area contributed by atoms with E-state index in [1.54, 1.807) is 12.1 Å². The maximum Gasteiger partial charge on any atom is 0.166 e. The first-order valence-corrected chi connectivity index (χ1v) is 6.10. The zero-order chi connectivity index (χ0) is 15.7. The summed E-state index contributed by atoms with van der Waals surface area (Å²) in [5.41, 5.74) is 1.51. The second-order valence-electron chi connectivity index (χ2n) is 3.98. The van der Waals surface area contributed by atoms with Crippen LogP contribution in [0.2, 0.25) is 0 Å². The van der Waals surface area contributed by atoms with Gasteiger partial charge in [0.2, 0.25) is 0 Å². The average Bonchev–Trinajstić information content (AvgIpc) is 2.51. The second-order valence-corrected chi connectivity index (χ2v) is 3.98. The number of hydrogen-bond acceptors (Lipinski definition) is 4. The van der Waals surface area contributed by atoms with E-state index in [-0.39, 0.29) is 12.2 Å². The molecule has 0 unspecified atom stereocenters. The lowest BCUT2D eigenvalue weighted by Gasteiger charge is -2.14. The Morgan fingerprint density at radius 3 is 2.62 bits per heavy atom. The molecule has 1 rings (SSSR count). The normalized spacial score (nSPS) is 8.67. The molecule has 0 atom stereocenters. The number of methoxy groups -OCH3 is 1.